The molecular weight excluding hydrogens is 390 g/mol. The minimum absolute atomic E-state index is 0.152. The Morgan fingerprint density at radius 2 is 1.79 bits per heavy atom. The Kier molecular flexibility index (Phi) is 15.2. The molecule has 0 spiro atoms. The number of halogens is 1. The lowest BCUT2D eigenvalue weighted by atomic mass is 10.1. The zero-order valence-corrected chi connectivity index (χ0v) is 19.1. The van der Waals surface area contributed by atoms with E-state index in [1.54, 1.807) is 26.6 Å². The van der Waals surface area contributed by atoms with Crippen molar-refractivity contribution in [2.24, 2.45) is 0 Å². The van der Waals surface area contributed by atoms with E-state index in [2.05, 4.69) is 23.8 Å². The summed E-state index contributed by atoms with van der Waals surface area (Å²) in [5.41, 5.74) is 2.11. The van der Waals surface area contributed by atoms with E-state index in [4.69, 9.17) is 14.2 Å². The SMILES string of the molecule is CCc1ccc(OC(CC)C(=O)NCC(/C=C/OC)=C/C=C(\C)OC)cc1.CCl. The summed E-state index contributed by atoms with van der Waals surface area (Å²) in [6.07, 6.45) is 9.56. The first-order chi connectivity index (χ1) is 14.0. The van der Waals surface area contributed by atoms with Crippen LogP contribution in [0.4, 0.5) is 0 Å². The van der Waals surface area contributed by atoms with E-state index in [1.807, 2.05) is 50.3 Å². The molecule has 0 saturated carbocycles. The van der Waals surface area contributed by atoms with E-state index < -0.39 is 6.10 Å². The summed E-state index contributed by atoms with van der Waals surface area (Å²) in [4.78, 5) is 12.5. The number of alkyl halides is 1. The van der Waals surface area contributed by atoms with Crippen molar-refractivity contribution in [3.8, 4) is 5.75 Å². The molecule has 1 aromatic carbocycles. The van der Waals surface area contributed by atoms with Gasteiger partial charge in [0.05, 0.1) is 26.2 Å². The minimum Gasteiger partial charge on any atom is -0.504 e. The van der Waals surface area contributed by atoms with Gasteiger partial charge in [0.15, 0.2) is 6.10 Å². The molecule has 0 saturated heterocycles. The second-order valence-electron chi connectivity index (χ2n) is 5.99. The predicted molar refractivity (Wildman–Crippen MR) is 120 cm³/mol. The van der Waals surface area contributed by atoms with Crippen molar-refractivity contribution in [1.29, 1.82) is 0 Å². The number of benzene rings is 1. The molecule has 29 heavy (non-hydrogen) atoms. The highest BCUT2D eigenvalue weighted by molar-refractivity contribution is 6.15. The molecule has 0 radical (unpaired) electrons. The maximum absolute atomic E-state index is 12.5. The number of hydrogen-bond donors (Lipinski definition) is 1. The van der Waals surface area contributed by atoms with E-state index in [9.17, 15) is 4.79 Å². The van der Waals surface area contributed by atoms with Gasteiger partial charge < -0.3 is 19.5 Å². The molecule has 1 aromatic rings. The van der Waals surface area contributed by atoms with Crippen LogP contribution in [-0.4, -0.2) is 39.2 Å². The summed E-state index contributed by atoms with van der Waals surface area (Å²) in [5, 5.41) is 2.92. The van der Waals surface area contributed by atoms with Crippen LogP contribution in [0.3, 0.4) is 0 Å². The first-order valence-electron chi connectivity index (χ1n) is 9.55. The highest BCUT2D eigenvalue weighted by Crippen LogP contribution is 2.15. The van der Waals surface area contributed by atoms with Crippen LogP contribution >= 0.6 is 11.6 Å². The fourth-order valence-corrected chi connectivity index (χ4v) is 2.21. The molecule has 1 atom stereocenters. The minimum atomic E-state index is -0.540. The van der Waals surface area contributed by atoms with Gasteiger partial charge in [0, 0.05) is 12.9 Å². The van der Waals surface area contributed by atoms with Gasteiger partial charge in [-0.1, -0.05) is 32.1 Å². The number of allylic oxidation sites excluding steroid dienone is 3. The number of nitrogens with one attached hydrogen (secondary N) is 1. The van der Waals surface area contributed by atoms with Crippen LogP contribution in [0.2, 0.25) is 0 Å². The summed E-state index contributed by atoms with van der Waals surface area (Å²) in [6, 6.07) is 7.83. The van der Waals surface area contributed by atoms with Gasteiger partial charge >= 0.3 is 0 Å². The van der Waals surface area contributed by atoms with Gasteiger partial charge in [-0.25, -0.2) is 0 Å². The quantitative estimate of drug-likeness (QED) is 0.308. The van der Waals surface area contributed by atoms with Crippen LogP contribution < -0.4 is 10.1 Å². The number of rotatable bonds is 11. The molecule has 0 bridgehead atoms. The lowest BCUT2D eigenvalue weighted by molar-refractivity contribution is -0.127. The summed E-state index contributed by atoms with van der Waals surface area (Å²) in [6.45, 7) is 6.25. The first-order valence-corrected chi connectivity index (χ1v) is 10.3. The monoisotopic (exact) mass is 423 g/mol. The molecule has 0 aliphatic rings. The molecule has 0 aromatic heterocycles. The summed E-state index contributed by atoms with van der Waals surface area (Å²) < 4.78 is 15.9. The van der Waals surface area contributed by atoms with Crippen LogP contribution in [-0.2, 0) is 20.7 Å². The number of ether oxygens (including phenoxy) is 3. The normalized spacial score (nSPS) is 12.7. The second-order valence-corrected chi connectivity index (χ2v) is 5.99. The molecule has 1 amide bonds. The molecular formula is C23H34ClNO4. The highest BCUT2D eigenvalue weighted by Gasteiger charge is 2.18. The van der Waals surface area contributed by atoms with Gasteiger partial charge in [0.1, 0.15) is 5.75 Å². The fourth-order valence-electron chi connectivity index (χ4n) is 2.21. The molecule has 0 aliphatic heterocycles. The Bertz CT molecular complexity index is 666. The lowest BCUT2D eigenvalue weighted by Crippen LogP contribution is -2.38. The predicted octanol–water partition coefficient (Wildman–Crippen LogP) is 5.01. The molecule has 5 nitrogen and oxygen atoms in total. The maximum atomic E-state index is 12.5. The summed E-state index contributed by atoms with van der Waals surface area (Å²) >= 11 is 4.64. The molecule has 0 aliphatic carbocycles. The van der Waals surface area contributed by atoms with Crippen molar-refractivity contribution in [2.45, 2.75) is 39.7 Å². The van der Waals surface area contributed by atoms with Crippen molar-refractivity contribution in [3.63, 3.8) is 0 Å². The first kappa shape index (κ1) is 26.6. The summed E-state index contributed by atoms with van der Waals surface area (Å²) in [7, 11) is 3.19. The fraction of sp³-hybridized carbons (Fsp3) is 0.435. The van der Waals surface area contributed by atoms with Crippen molar-refractivity contribution in [1.82, 2.24) is 5.32 Å². The standard InChI is InChI=1S/C22H31NO4.CH3Cl/c1-6-18-10-12-20(13-11-18)27-21(7-2)22(24)23-16-19(14-15-25-4)9-8-17(3)26-5;1-2/h8-15,21H,6-7,16H2,1-5H3,(H,23,24);1H3/b15-14+,17-8+,19-9+;. The number of hydrogen-bond acceptors (Lipinski definition) is 4. The van der Waals surface area contributed by atoms with Crippen molar-refractivity contribution < 1.29 is 19.0 Å². The highest BCUT2D eigenvalue weighted by atomic mass is 35.5. The Morgan fingerprint density at radius 3 is 2.31 bits per heavy atom. The van der Waals surface area contributed by atoms with Gasteiger partial charge in [-0.15, -0.1) is 11.6 Å². The Hall–Kier alpha value is -2.40. The lowest BCUT2D eigenvalue weighted by Gasteiger charge is -2.17. The van der Waals surface area contributed by atoms with Crippen molar-refractivity contribution in [2.75, 3.05) is 27.1 Å². The molecule has 6 heteroatoms. The molecule has 1 rings (SSSR count). The van der Waals surface area contributed by atoms with E-state index in [0.717, 1.165) is 17.8 Å². The van der Waals surface area contributed by atoms with E-state index in [1.165, 1.54) is 11.9 Å². The van der Waals surface area contributed by atoms with Crippen molar-refractivity contribution in [3.05, 3.63) is 65.7 Å². The number of methoxy groups -OCH3 is 2. The zero-order valence-electron chi connectivity index (χ0n) is 18.3. The third-order valence-corrected chi connectivity index (χ3v) is 4.01. The summed E-state index contributed by atoms with van der Waals surface area (Å²) in [5.74, 6) is 1.32. The molecule has 0 heterocycles. The topological polar surface area (TPSA) is 56.8 Å². The van der Waals surface area contributed by atoms with Crippen LogP contribution in [0, 0.1) is 0 Å². The second kappa shape index (κ2) is 16.5. The Labute approximate surface area is 180 Å². The van der Waals surface area contributed by atoms with Crippen LogP contribution in [0.15, 0.2) is 60.1 Å². The molecule has 1 unspecified atom stereocenters. The van der Waals surface area contributed by atoms with Crippen LogP contribution in [0.25, 0.3) is 0 Å². The van der Waals surface area contributed by atoms with Crippen molar-refractivity contribution >= 4 is 17.5 Å². The number of carbonyl (C=O) groups is 1. The van der Waals surface area contributed by atoms with Gasteiger partial charge in [-0.2, -0.15) is 0 Å². The average molecular weight is 424 g/mol. The Balaban J connectivity index is 0.00000379. The number of aryl methyl sites for hydroxylation is 1. The van der Waals surface area contributed by atoms with Gasteiger partial charge in [-0.3, -0.25) is 4.79 Å². The van der Waals surface area contributed by atoms with Gasteiger partial charge in [-0.05, 0) is 55.2 Å². The third-order valence-electron chi connectivity index (χ3n) is 4.01. The van der Waals surface area contributed by atoms with E-state index >= 15 is 0 Å². The maximum Gasteiger partial charge on any atom is 0.261 e. The molecule has 0 fully saturated rings. The largest absolute Gasteiger partial charge is 0.504 e. The number of amides is 1. The third kappa shape index (κ3) is 11.3. The molecule has 162 valence electrons. The smallest absolute Gasteiger partial charge is 0.261 e. The van der Waals surface area contributed by atoms with Crippen LogP contribution in [0.1, 0.15) is 32.8 Å². The zero-order chi connectivity index (χ0) is 22.1. The Morgan fingerprint density at radius 1 is 1.14 bits per heavy atom. The van der Waals surface area contributed by atoms with E-state index in [0.29, 0.717) is 18.7 Å². The average Bonchev–Trinajstić information content (AvgIpc) is 2.78. The van der Waals surface area contributed by atoms with Gasteiger partial charge in [0.25, 0.3) is 5.91 Å². The number of carbonyl (C=O) groups excluding carboxylic acids is 1. The van der Waals surface area contributed by atoms with E-state index in [-0.39, 0.29) is 5.91 Å². The van der Waals surface area contributed by atoms with Crippen LogP contribution in [0.5, 0.6) is 5.75 Å². The van der Waals surface area contributed by atoms with Gasteiger partial charge in [0.2, 0.25) is 0 Å². The molecule has 1 N–H and O–H groups in total.